The van der Waals surface area contributed by atoms with Crippen molar-refractivity contribution in [3.05, 3.63) is 29.8 Å². The zero-order valence-corrected chi connectivity index (χ0v) is 11.3. The van der Waals surface area contributed by atoms with E-state index in [2.05, 4.69) is 11.4 Å². The van der Waals surface area contributed by atoms with Crippen LogP contribution in [0.3, 0.4) is 0 Å². The molecule has 0 aliphatic heterocycles. The highest BCUT2D eigenvalue weighted by Gasteiger charge is 2.21. The number of para-hydroxylation sites is 1. The van der Waals surface area contributed by atoms with Crippen LogP contribution in [0.2, 0.25) is 0 Å². The average molecular weight is 249 g/mol. The predicted octanol–water partition coefficient (Wildman–Crippen LogP) is 2.48. The predicted molar refractivity (Wildman–Crippen MR) is 72.7 cm³/mol. The number of rotatable bonds is 7. The summed E-state index contributed by atoms with van der Waals surface area (Å²) < 4.78 is 5.76. The van der Waals surface area contributed by atoms with Gasteiger partial charge in [-0.3, -0.25) is 0 Å². The Balaban J connectivity index is 1.93. The van der Waals surface area contributed by atoms with Crippen LogP contribution in [0.25, 0.3) is 0 Å². The van der Waals surface area contributed by atoms with E-state index in [9.17, 15) is 5.11 Å². The Bertz CT molecular complexity index is 386. The molecule has 0 aromatic heterocycles. The van der Waals surface area contributed by atoms with Crippen molar-refractivity contribution in [1.29, 1.82) is 0 Å². The number of hydrogen-bond donors (Lipinski definition) is 2. The molecule has 1 aliphatic rings. The zero-order valence-electron chi connectivity index (χ0n) is 11.3. The molecule has 1 aliphatic carbocycles. The molecule has 0 spiro atoms. The Morgan fingerprint density at radius 2 is 2.11 bits per heavy atom. The Morgan fingerprint density at radius 1 is 1.39 bits per heavy atom. The maximum Gasteiger partial charge on any atom is 0.123 e. The average Bonchev–Trinajstić information content (AvgIpc) is 3.19. The van der Waals surface area contributed by atoms with Crippen LogP contribution < -0.4 is 10.1 Å². The molecule has 1 fully saturated rings. The molecule has 0 saturated heterocycles. The second kappa shape index (κ2) is 5.72. The van der Waals surface area contributed by atoms with Gasteiger partial charge in [0.1, 0.15) is 12.4 Å². The fourth-order valence-electron chi connectivity index (χ4n) is 1.67. The molecule has 18 heavy (non-hydrogen) atoms. The summed E-state index contributed by atoms with van der Waals surface area (Å²) in [4.78, 5) is 0. The van der Waals surface area contributed by atoms with E-state index in [0.29, 0.717) is 19.1 Å². The normalized spacial score (nSPS) is 18.4. The molecule has 0 heterocycles. The SMILES string of the molecule is CCC(C)(O)COc1ccccc1CNC1CC1. The van der Waals surface area contributed by atoms with E-state index < -0.39 is 5.60 Å². The van der Waals surface area contributed by atoms with Crippen LogP contribution in [-0.2, 0) is 6.54 Å². The molecule has 100 valence electrons. The van der Waals surface area contributed by atoms with E-state index in [1.165, 1.54) is 12.8 Å². The quantitative estimate of drug-likeness (QED) is 0.780. The van der Waals surface area contributed by atoms with Gasteiger partial charge in [0.05, 0.1) is 5.60 Å². The number of ether oxygens (including phenoxy) is 1. The second-order valence-electron chi connectivity index (χ2n) is 5.40. The van der Waals surface area contributed by atoms with E-state index in [1.54, 1.807) is 6.92 Å². The minimum atomic E-state index is -0.753. The van der Waals surface area contributed by atoms with Crippen molar-refractivity contribution in [2.45, 2.75) is 51.3 Å². The van der Waals surface area contributed by atoms with Crippen LogP contribution >= 0.6 is 0 Å². The topological polar surface area (TPSA) is 41.5 Å². The number of aliphatic hydroxyl groups is 1. The molecule has 2 N–H and O–H groups in total. The van der Waals surface area contributed by atoms with Gasteiger partial charge in [0, 0.05) is 18.2 Å². The molecule has 1 aromatic rings. The minimum absolute atomic E-state index is 0.337. The Labute approximate surface area is 109 Å². The molecule has 3 nitrogen and oxygen atoms in total. The third-order valence-corrected chi connectivity index (χ3v) is 3.43. The lowest BCUT2D eigenvalue weighted by Crippen LogP contribution is -2.31. The Morgan fingerprint density at radius 3 is 2.78 bits per heavy atom. The maximum atomic E-state index is 9.96. The summed E-state index contributed by atoms with van der Waals surface area (Å²) >= 11 is 0. The Hall–Kier alpha value is -1.06. The van der Waals surface area contributed by atoms with Crippen LogP contribution in [0.5, 0.6) is 5.75 Å². The molecule has 0 radical (unpaired) electrons. The molecule has 1 saturated carbocycles. The number of nitrogens with one attached hydrogen (secondary N) is 1. The van der Waals surface area contributed by atoms with E-state index in [1.807, 2.05) is 25.1 Å². The third-order valence-electron chi connectivity index (χ3n) is 3.43. The van der Waals surface area contributed by atoms with Crippen LogP contribution in [0.1, 0.15) is 38.7 Å². The number of hydrogen-bond acceptors (Lipinski definition) is 3. The van der Waals surface area contributed by atoms with E-state index >= 15 is 0 Å². The second-order valence-corrected chi connectivity index (χ2v) is 5.40. The van der Waals surface area contributed by atoms with Crippen LogP contribution in [-0.4, -0.2) is 23.4 Å². The van der Waals surface area contributed by atoms with Crippen molar-refractivity contribution in [2.24, 2.45) is 0 Å². The largest absolute Gasteiger partial charge is 0.490 e. The van der Waals surface area contributed by atoms with Gasteiger partial charge in [0.25, 0.3) is 0 Å². The summed E-state index contributed by atoms with van der Waals surface area (Å²) in [6.07, 6.45) is 3.26. The zero-order chi connectivity index (χ0) is 13.0. The summed E-state index contributed by atoms with van der Waals surface area (Å²) in [5.74, 6) is 0.874. The molecule has 1 unspecified atom stereocenters. The van der Waals surface area contributed by atoms with Crippen molar-refractivity contribution in [3.8, 4) is 5.75 Å². The molecule has 3 heteroatoms. The van der Waals surface area contributed by atoms with Crippen LogP contribution in [0.4, 0.5) is 0 Å². The summed E-state index contributed by atoms with van der Waals surface area (Å²) in [6, 6.07) is 8.73. The lowest BCUT2D eigenvalue weighted by Gasteiger charge is -2.22. The van der Waals surface area contributed by atoms with Crippen LogP contribution in [0, 0.1) is 0 Å². The molecule has 0 amide bonds. The summed E-state index contributed by atoms with van der Waals surface area (Å²) in [5, 5.41) is 13.4. The van der Waals surface area contributed by atoms with E-state index in [0.717, 1.165) is 17.9 Å². The third kappa shape index (κ3) is 4.00. The van der Waals surface area contributed by atoms with Gasteiger partial charge in [-0.2, -0.15) is 0 Å². The molecule has 1 atom stereocenters. The van der Waals surface area contributed by atoms with Crippen molar-refractivity contribution in [3.63, 3.8) is 0 Å². The highest BCUT2D eigenvalue weighted by molar-refractivity contribution is 5.33. The molecular weight excluding hydrogens is 226 g/mol. The lowest BCUT2D eigenvalue weighted by molar-refractivity contribution is 0.00816. The fraction of sp³-hybridized carbons (Fsp3) is 0.600. The molecular formula is C15H23NO2. The maximum absolute atomic E-state index is 9.96. The smallest absolute Gasteiger partial charge is 0.123 e. The van der Waals surface area contributed by atoms with E-state index in [4.69, 9.17) is 4.74 Å². The van der Waals surface area contributed by atoms with Crippen molar-refractivity contribution in [2.75, 3.05) is 6.61 Å². The van der Waals surface area contributed by atoms with Crippen molar-refractivity contribution >= 4 is 0 Å². The van der Waals surface area contributed by atoms with Crippen molar-refractivity contribution in [1.82, 2.24) is 5.32 Å². The highest BCUT2D eigenvalue weighted by atomic mass is 16.5. The monoisotopic (exact) mass is 249 g/mol. The first-order valence-corrected chi connectivity index (χ1v) is 6.77. The first-order chi connectivity index (χ1) is 8.61. The van der Waals surface area contributed by atoms with Gasteiger partial charge in [0.15, 0.2) is 0 Å². The van der Waals surface area contributed by atoms with Gasteiger partial charge in [0.2, 0.25) is 0 Å². The lowest BCUT2D eigenvalue weighted by atomic mass is 10.1. The summed E-state index contributed by atoms with van der Waals surface area (Å²) in [7, 11) is 0. The minimum Gasteiger partial charge on any atom is -0.490 e. The van der Waals surface area contributed by atoms with Gasteiger partial charge in [-0.1, -0.05) is 25.1 Å². The van der Waals surface area contributed by atoms with Gasteiger partial charge >= 0.3 is 0 Å². The van der Waals surface area contributed by atoms with E-state index in [-0.39, 0.29) is 0 Å². The van der Waals surface area contributed by atoms with Gasteiger partial charge in [-0.25, -0.2) is 0 Å². The summed E-state index contributed by atoms with van der Waals surface area (Å²) in [6.45, 7) is 4.95. The number of benzene rings is 1. The molecule has 0 bridgehead atoms. The first-order valence-electron chi connectivity index (χ1n) is 6.77. The Kier molecular flexibility index (Phi) is 4.25. The van der Waals surface area contributed by atoms with Gasteiger partial charge in [-0.15, -0.1) is 0 Å². The van der Waals surface area contributed by atoms with Gasteiger partial charge in [-0.05, 0) is 32.3 Å². The van der Waals surface area contributed by atoms with Crippen LogP contribution in [0.15, 0.2) is 24.3 Å². The van der Waals surface area contributed by atoms with Crippen molar-refractivity contribution < 1.29 is 9.84 Å². The summed E-state index contributed by atoms with van der Waals surface area (Å²) in [5.41, 5.74) is 0.410. The highest BCUT2D eigenvalue weighted by Crippen LogP contribution is 2.23. The fourth-order valence-corrected chi connectivity index (χ4v) is 1.67. The van der Waals surface area contributed by atoms with Gasteiger partial charge < -0.3 is 15.2 Å². The standard InChI is InChI=1S/C15H23NO2/c1-3-15(2,17)11-18-14-7-5-4-6-12(14)10-16-13-8-9-13/h4-7,13,16-17H,3,8-11H2,1-2H3. The molecule has 2 rings (SSSR count). The first kappa shape index (κ1) is 13.4. The molecule has 1 aromatic carbocycles.